The second-order valence-electron chi connectivity index (χ2n) is 5.23. The summed E-state index contributed by atoms with van der Waals surface area (Å²) in [5.41, 5.74) is 3.20. The maximum atomic E-state index is 5.41. The lowest BCUT2D eigenvalue weighted by molar-refractivity contribution is 0.374. The Labute approximate surface area is 136 Å². The van der Waals surface area contributed by atoms with Crippen LogP contribution in [0.25, 0.3) is 0 Å². The fourth-order valence-electron chi connectivity index (χ4n) is 2.17. The van der Waals surface area contributed by atoms with Gasteiger partial charge in [0.25, 0.3) is 0 Å². The van der Waals surface area contributed by atoms with Gasteiger partial charge >= 0.3 is 0 Å². The molecule has 0 bridgehead atoms. The van der Waals surface area contributed by atoms with E-state index in [1.54, 1.807) is 14.2 Å². The standard InChI is InChI=1S/C17H24N4O2/c1-5-14-9-15(23-21-14)11-20-17(18-3)19-10-13-7-6-12(2)8-16(13)22-4/h6-9H,5,10-11H2,1-4H3,(H2,18,19,20). The number of methoxy groups -OCH3 is 1. The molecule has 0 unspecified atom stereocenters. The number of guanidine groups is 1. The highest BCUT2D eigenvalue weighted by molar-refractivity contribution is 5.79. The molecule has 0 aliphatic heterocycles. The smallest absolute Gasteiger partial charge is 0.191 e. The molecule has 0 saturated carbocycles. The Morgan fingerprint density at radius 1 is 1.26 bits per heavy atom. The number of hydrogen-bond donors (Lipinski definition) is 2. The second-order valence-corrected chi connectivity index (χ2v) is 5.23. The molecule has 2 N–H and O–H groups in total. The highest BCUT2D eigenvalue weighted by Gasteiger charge is 2.06. The summed E-state index contributed by atoms with van der Waals surface area (Å²) < 4.78 is 10.7. The highest BCUT2D eigenvalue weighted by atomic mass is 16.5. The Hall–Kier alpha value is -2.50. The maximum absolute atomic E-state index is 5.41. The van der Waals surface area contributed by atoms with Crippen LogP contribution < -0.4 is 15.4 Å². The van der Waals surface area contributed by atoms with Gasteiger partial charge in [0.15, 0.2) is 11.7 Å². The van der Waals surface area contributed by atoms with E-state index >= 15 is 0 Å². The van der Waals surface area contributed by atoms with Crippen LogP contribution in [0.3, 0.4) is 0 Å². The van der Waals surface area contributed by atoms with Gasteiger partial charge in [0.05, 0.1) is 19.3 Å². The number of aromatic nitrogens is 1. The molecule has 1 aromatic heterocycles. The number of rotatable bonds is 6. The predicted molar refractivity (Wildman–Crippen MR) is 90.7 cm³/mol. The predicted octanol–water partition coefficient (Wildman–Crippen LogP) is 2.42. The first-order chi connectivity index (χ1) is 11.2. The Morgan fingerprint density at radius 2 is 2.04 bits per heavy atom. The van der Waals surface area contributed by atoms with Crippen molar-refractivity contribution in [1.82, 2.24) is 15.8 Å². The first-order valence-electron chi connectivity index (χ1n) is 7.68. The van der Waals surface area contributed by atoms with Gasteiger partial charge in [0.2, 0.25) is 0 Å². The van der Waals surface area contributed by atoms with Gasteiger partial charge in [-0.2, -0.15) is 0 Å². The molecule has 2 aromatic rings. The fraction of sp³-hybridized carbons (Fsp3) is 0.412. The van der Waals surface area contributed by atoms with Gasteiger partial charge in [-0.25, -0.2) is 0 Å². The third-order valence-corrected chi connectivity index (χ3v) is 3.51. The first kappa shape index (κ1) is 16.9. The first-order valence-corrected chi connectivity index (χ1v) is 7.68. The van der Waals surface area contributed by atoms with Gasteiger partial charge < -0.3 is 19.9 Å². The number of hydrogen-bond acceptors (Lipinski definition) is 4. The van der Waals surface area contributed by atoms with Gasteiger partial charge in [-0.05, 0) is 25.0 Å². The maximum Gasteiger partial charge on any atom is 0.191 e. The van der Waals surface area contributed by atoms with E-state index in [0.717, 1.165) is 29.2 Å². The molecule has 0 spiro atoms. The van der Waals surface area contributed by atoms with Gasteiger partial charge in [0.1, 0.15) is 5.75 Å². The van der Waals surface area contributed by atoms with Crippen LogP contribution in [0.1, 0.15) is 29.5 Å². The molecule has 0 saturated heterocycles. The van der Waals surface area contributed by atoms with Crippen LogP contribution in [-0.4, -0.2) is 25.3 Å². The quantitative estimate of drug-likeness (QED) is 0.632. The third kappa shape index (κ3) is 4.74. The molecule has 23 heavy (non-hydrogen) atoms. The Kier molecular flexibility index (Phi) is 6.02. The van der Waals surface area contributed by atoms with Crippen LogP contribution >= 0.6 is 0 Å². The minimum atomic E-state index is 0.539. The molecule has 0 radical (unpaired) electrons. The van der Waals surface area contributed by atoms with Crippen LogP contribution in [0, 0.1) is 6.92 Å². The average molecular weight is 316 g/mol. The van der Waals surface area contributed by atoms with E-state index < -0.39 is 0 Å². The zero-order valence-corrected chi connectivity index (χ0v) is 14.1. The third-order valence-electron chi connectivity index (χ3n) is 3.51. The summed E-state index contributed by atoms with van der Waals surface area (Å²) in [5, 5.41) is 10.4. The lowest BCUT2D eigenvalue weighted by Crippen LogP contribution is -2.36. The summed E-state index contributed by atoms with van der Waals surface area (Å²) in [7, 11) is 3.42. The summed E-state index contributed by atoms with van der Waals surface area (Å²) in [6.45, 7) is 5.25. The van der Waals surface area contributed by atoms with Gasteiger partial charge in [-0.15, -0.1) is 0 Å². The van der Waals surface area contributed by atoms with Crippen molar-refractivity contribution >= 4 is 5.96 Å². The molecule has 0 atom stereocenters. The van der Waals surface area contributed by atoms with Gasteiger partial charge in [-0.3, -0.25) is 4.99 Å². The summed E-state index contributed by atoms with van der Waals surface area (Å²) in [5.74, 6) is 2.36. The molecular formula is C17H24N4O2. The number of nitrogens with one attached hydrogen (secondary N) is 2. The van der Waals surface area contributed by atoms with Crippen LogP contribution in [0.5, 0.6) is 5.75 Å². The van der Waals surface area contributed by atoms with Crippen molar-refractivity contribution in [3.63, 3.8) is 0 Å². The number of nitrogens with zero attached hydrogens (tertiary/aromatic N) is 2. The van der Waals surface area contributed by atoms with Crippen molar-refractivity contribution in [1.29, 1.82) is 0 Å². The molecule has 6 heteroatoms. The van der Waals surface area contributed by atoms with Gasteiger partial charge in [-0.1, -0.05) is 24.2 Å². The molecule has 0 fully saturated rings. The molecule has 6 nitrogen and oxygen atoms in total. The van der Waals surface area contributed by atoms with Crippen LogP contribution in [0.2, 0.25) is 0 Å². The monoisotopic (exact) mass is 316 g/mol. The Balaban J connectivity index is 1.90. The summed E-state index contributed by atoms with van der Waals surface area (Å²) >= 11 is 0. The van der Waals surface area contributed by atoms with E-state index in [-0.39, 0.29) is 0 Å². The molecule has 0 aliphatic carbocycles. The topological polar surface area (TPSA) is 71.7 Å². The zero-order valence-electron chi connectivity index (χ0n) is 14.1. The number of benzene rings is 1. The van der Waals surface area contributed by atoms with E-state index in [2.05, 4.69) is 32.9 Å². The van der Waals surface area contributed by atoms with E-state index in [4.69, 9.17) is 9.26 Å². The summed E-state index contributed by atoms with van der Waals surface area (Å²) in [6, 6.07) is 8.09. The fourth-order valence-corrected chi connectivity index (χ4v) is 2.17. The lowest BCUT2D eigenvalue weighted by Gasteiger charge is -2.13. The Bertz CT molecular complexity index is 664. The van der Waals surface area contributed by atoms with Crippen molar-refractivity contribution < 1.29 is 9.26 Å². The Morgan fingerprint density at radius 3 is 2.70 bits per heavy atom. The van der Waals surface area contributed by atoms with E-state index in [9.17, 15) is 0 Å². The van der Waals surface area contributed by atoms with Crippen LogP contribution in [0.4, 0.5) is 0 Å². The molecule has 0 amide bonds. The molecule has 0 aliphatic rings. The normalized spacial score (nSPS) is 11.4. The summed E-state index contributed by atoms with van der Waals surface area (Å²) in [4.78, 5) is 4.21. The molecule has 1 aromatic carbocycles. The van der Waals surface area contributed by atoms with E-state index in [0.29, 0.717) is 19.0 Å². The van der Waals surface area contributed by atoms with Crippen LogP contribution in [-0.2, 0) is 19.5 Å². The SMILES string of the molecule is CCc1cc(CNC(=NC)NCc2ccc(C)cc2OC)on1. The van der Waals surface area contributed by atoms with Crippen LogP contribution in [0.15, 0.2) is 33.8 Å². The van der Waals surface area contributed by atoms with Crippen molar-refractivity contribution in [3.8, 4) is 5.75 Å². The van der Waals surface area contributed by atoms with Crippen molar-refractivity contribution in [2.24, 2.45) is 4.99 Å². The van der Waals surface area contributed by atoms with Crippen molar-refractivity contribution in [2.45, 2.75) is 33.4 Å². The van der Waals surface area contributed by atoms with E-state index in [1.807, 2.05) is 26.0 Å². The molecular weight excluding hydrogens is 292 g/mol. The molecule has 124 valence electrons. The highest BCUT2D eigenvalue weighted by Crippen LogP contribution is 2.19. The summed E-state index contributed by atoms with van der Waals surface area (Å²) in [6.07, 6.45) is 0.865. The number of aryl methyl sites for hydroxylation is 2. The van der Waals surface area contributed by atoms with Crippen molar-refractivity contribution in [2.75, 3.05) is 14.2 Å². The second kappa shape index (κ2) is 8.22. The molecule has 1 heterocycles. The van der Waals surface area contributed by atoms with E-state index in [1.165, 1.54) is 5.56 Å². The average Bonchev–Trinajstić information content (AvgIpc) is 3.04. The minimum absolute atomic E-state index is 0.539. The lowest BCUT2D eigenvalue weighted by atomic mass is 10.1. The number of aliphatic imine (C=N–C) groups is 1. The number of ether oxygens (including phenoxy) is 1. The molecule has 2 rings (SSSR count). The van der Waals surface area contributed by atoms with Crippen molar-refractivity contribution in [3.05, 3.63) is 46.8 Å². The largest absolute Gasteiger partial charge is 0.496 e. The minimum Gasteiger partial charge on any atom is -0.496 e. The van der Waals surface area contributed by atoms with Gasteiger partial charge in [0, 0.05) is 25.2 Å². The zero-order chi connectivity index (χ0) is 16.7.